The highest BCUT2D eigenvalue weighted by atomic mass is 32.2. The summed E-state index contributed by atoms with van der Waals surface area (Å²) < 4.78 is 28.8. The van der Waals surface area contributed by atoms with Crippen LogP contribution in [-0.2, 0) is 23.6 Å². The molecule has 6 nitrogen and oxygen atoms in total. The number of aliphatic hydroxyl groups is 1. The standard InChI is InChI=1S/C13H18N3O3S/c1-15-7-8-16(10-15)9-13(17)11-5-3-4-6-12(11)14-20(2,18)19/h3-8,10,13-14,17H,9H2,1-2H3/q+1. The van der Waals surface area contributed by atoms with E-state index in [2.05, 4.69) is 4.72 Å². The second kappa shape index (κ2) is 5.64. The third-order valence-corrected chi connectivity index (χ3v) is 3.41. The van der Waals surface area contributed by atoms with Crippen LogP contribution in [0, 0.1) is 0 Å². The minimum Gasteiger partial charge on any atom is -0.384 e. The zero-order chi connectivity index (χ0) is 14.8. The van der Waals surface area contributed by atoms with Crippen molar-refractivity contribution in [2.75, 3.05) is 11.0 Å². The number of aromatic nitrogens is 2. The normalized spacial score (nSPS) is 13.2. The Bertz CT molecular complexity index is 694. The molecule has 20 heavy (non-hydrogen) atoms. The number of benzene rings is 1. The zero-order valence-electron chi connectivity index (χ0n) is 11.4. The van der Waals surface area contributed by atoms with Crippen LogP contribution in [0.25, 0.3) is 0 Å². The van der Waals surface area contributed by atoms with Gasteiger partial charge in [-0.05, 0) is 6.07 Å². The smallest absolute Gasteiger partial charge is 0.243 e. The van der Waals surface area contributed by atoms with Crippen molar-refractivity contribution in [3.63, 3.8) is 0 Å². The summed E-state index contributed by atoms with van der Waals surface area (Å²) in [6.45, 7) is 0.350. The van der Waals surface area contributed by atoms with Crippen molar-refractivity contribution in [1.82, 2.24) is 4.57 Å². The molecule has 1 heterocycles. The molecule has 0 amide bonds. The van der Waals surface area contributed by atoms with Crippen molar-refractivity contribution in [3.8, 4) is 0 Å². The van der Waals surface area contributed by atoms with Gasteiger partial charge in [-0.1, -0.05) is 18.2 Å². The van der Waals surface area contributed by atoms with Crippen LogP contribution in [0.15, 0.2) is 43.0 Å². The molecule has 0 saturated carbocycles. The number of imidazole rings is 1. The number of rotatable bonds is 5. The van der Waals surface area contributed by atoms with Crippen LogP contribution >= 0.6 is 0 Å². The van der Waals surface area contributed by atoms with Gasteiger partial charge in [-0.3, -0.25) is 4.72 Å². The van der Waals surface area contributed by atoms with Crippen molar-refractivity contribution in [2.45, 2.75) is 12.6 Å². The van der Waals surface area contributed by atoms with Gasteiger partial charge < -0.3 is 5.11 Å². The van der Waals surface area contributed by atoms with Crippen LogP contribution in [-0.4, -0.2) is 24.3 Å². The van der Waals surface area contributed by atoms with Crippen LogP contribution in [0.2, 0.25) is 0 Å². The summed E-state index contributed by atoms with van der Waals surface area (Å²) in [6.07, 6.45) is 5.84. The first-order chi connectivity index (χ1) is 9.35. The van der Waals surface area contributed by atoms with Gasteiger partial charge in [0, 0.05) is 5.56 Å². The van der Waals surface area contributed by atoms with Crippen molar-refractivity contribution >= 4 is 15.7 Å². The van der Waals surface area contributed by atoms with E-state index < -0.39 is 16.1 Å². The first-order valence-electron chi connectivity index (χ1n) is 6.11. The Morgan fingerprint density at radius 3 is 2.70 bits per heavy atom. The Hall–Kier alpha value is -1.86. The van der Waals surface area contributed by atoms with E-state index in [9.17, 15) is 13.5 Å². The Kier molecular flexibility index (Phi) is 4.10. The number of aryl methyl sites for hydroxylation is 1. The van der Waals surface area contributed by atoms with E-state index in [4.69, 9.17) is 0 Å². The molecule has 108 valence electrons. The number of aliphatic hydroxyl groups excluding tert-OH is 1. The summed E-state index contributed by atoms with van der Waals surface area (Å²) in [4.78, 5) is 0. The molecule has 0 fully saturated rings. The number of anilines is 1. The highest BCUT2D eigenvalue weighted by Gasteiger charge is 2.17. The average Bonchev–Trinajstić information content (AvgIpc) is 2.73. The Morgan fingerprint density at radius 1 is 1.40 bits per heavy atom. The van der Waals surface area contributed by atoms with Gasteiger partial charge in [0.05, 0.1) is 19.0 Å². The van der Waals surface area contributed by atoms with E-state index in [0.717, 1.165) is 6.26 Å². The lowest BCUT2D eigenvalue weighted by atomic mass is 10.1. The molecule has 2 aromatic rings. The summed E-state index contributed by atoms with van der Waals surface area (Å²) in [5, 5.41) is 10.3. The number of sulfonamides is 1. The minimum absolute atomic E-state index is 0.350. The van der Waals surface area contributed by atoms with Crippen LogP contribution in [0.5, 0.6) is 0 Å². The first-order valence-corrected chi connectivity index (χ1v) is 8.00. The summed E-state index contributed by atoms with van der Waals surface area (Å²) in [7, 11) is -1.48. The van der Waals surface area contributed by atoms with E-state index in [1.165, 1.54) is 0 Å². The second-order valence-electron chi connectivity index (χ2n) is 4.75. The van der Waals surface area contributed by atoms with Gasteiger partial charge in [-0.2, -0.15) is 0 Å². The van der Waals surface area contributed by atoms with Gasteiger partial charge in [-0.25, -0.2) is 17.6 Å². The van der Waals surface area contributed by atoms with Gasteiger partial charge in [0.2, 0.25) is 16.4 Å². The average molecular weight is 296 g/mol. The van der Waals surface area contributed by atoms with E-state index >= 15 is 0 Å². The molecule has 0 aliphatic carbocycles. The van der Waals surface area contributed by atoms with Crippen molar-refractivity contribution < 1.29 is 18.1 Å². The predicted octanol–water partition coefficient (Wildman–Crippen LogP) is 0.418. The fourth-order valence-electron chi connectivity index (χ4n) is 1.99. The molecule has 0 aliphatic heterocycles. The Morgan fingerprint density at radius 2 is 2.10 bits per heavy atom. The van der Waals surface area contributed by atoms with Crippen molar-refractivity contribution in [1.29, 1.82) is 0 Å². The number of hydrogen-bond donors (Lipinski definition) is 2. The maximum absolute atomic E-state index is 11.3. The van der Waals surface area contributed by atoms with E-state index in [0.29, 0.717) is 17.8 Å². The van der Waals surface area contributed by atoms with Crippen molar-refractivity contribution in [2.24, 2.45) is 7.05 Å². The molecule has 1 atom stereocenters. The van der Waals surface area contributed by atoms with Crippen LogP contribution < -0.4 is 9.29 Å². The lowest BCUT2D eigenvalue weighted by Gasteiger charge is -2.14. The van der Waals surface area contributed by atoms with Crippen LogP contribution in [0.3, 0.4) is 0 Å². The number of nitrogens with one attached hydrogen (secondary N) is 1. The lowest BCUT2D eigenvalue weighted by Crippen LogP contribution is -2.24. The predicted molar refractivity (Wildman–Crippen MR) is 75.5 cm³/mol. The Labute approximate surface area is 118 Å². The molecule has 1 unspecified atom stereocenters. The fraction of sp³-hybridized carbons (Fsp3) is 0.308. The third-order valence-electron chi connectivity index (χ3n) is 2.82. The molecule has 7 heteroatoms. The number of para-hydroxylation sites is 1. The molecular formula is C13H18N3O3S+. The zero-order valence-corrected chi connectivity index (χ0v) is 12.2. The summed E-state index contributed by atoms with van der Waals surface area (Å²) >= 11 is 0. The van der Waals surface area contributed by atoms with E-state index in [1.54, 1.807) is 24.3 Å². The third kappa shape index (κ3) is 3.82. The highest BCUT2D eigenvalue weighted by molar-refractivity contribution is 7.92. The molecular weight excluding hydrogens is 278 g/mol. The van der Waals surface area contributed by atoms with Gasteiger partial charge >= 0.3 is 0 Å². The van der Waals surface area contributed by atoms with Gasteiger partial charge in [-0.15, -0.1) is 0 Å². The largest absolute Gasteiger partial charge is 0.384 e. The molecule has 0 saturated heterocycles. The molecule has 0 spiro atoms. The van der Waals surface area contributed by atoms with Crippen LogP contribution in [0.4, 0.5) is 5.69 Å². The maximum atomic E-state index is 11.3. The molecule has 0 radical (unpaired) electrons. The molecule has 1 aromatic heterocycles. The maximum Gasteiger partial charge on any atom is 0.243 e. The first kappa shape index (κ1) is 14.5. The topological polar surface area (TPSA) is 75.2 Å². The summed E-state index contributed by atoms with van der Waals surface area (Å²) in [5.41, 5.74) is 0.952. The second-order valence-corrected chi connectivity index (χ2v) is 6.50. The van der Waals surface area contributed by atoms with Crippen molar-refractivity contribution in [3.05, 3.63) is 48.5 Å². The quantitative estimate of drug-likeness (QED) is 0.785. The molecule has 0 aliphatic rings. The van der Waals surface area contributed by atoms with Gasteiger partial charge in [0.25, 0.3) is 0 Å². The molecule has 2 N–H and O–H groups in total. The number of hydrogen-bond acceptors (Lipinski definition) is 3. The highest BCUT2D eigenvalue weighted by Crippen LogP contribution is 2.24. The SMILES string of the molecule is C[n+]1ccn(CC(O)c2ccccc2NS(C)(=O)=O)c1. The summed E-state index contributed by atoms with van der Waals surface area (Å²) in [6, 6.07) is 6.83. The minimum atomic E-state index is -3.37. The van der Waals surface area contributed by atoms with Gasteiger partial charge in [0.15, 0.2) is 0 Å². The fourth-order valence-corrected chi connectivity index (χ4v) is 2.57. The van der Waals surface area contributed by atoms with Gasteiger partial charge in [0.1, 0.15) is 25.0 Å². The molecule has 1 aromatic carbocycles. The Balaban J connectivity index is 2.23. The summed E-state index contributed by atoms with van der Waals surface area (Å²) in [5.74, 6) is 0. The van der Waals surface area contributed by atoms with E-state index in [-0.39, 0.29) is 0 Å². The monoisotopic (exact) mass is 296 g/mol. The van der Waals surface area contributed by atoms with E-state index in [1.807, 2.05) is 34.9 Å². The lowest BCUT2D eigenvalue weighted by molar-refractivity contribution is -0.671. The number of nitrogens with zero attached hydrogens (tertiary/aromatic N) is 2. The molecule has 0 bridgehead atoms. The van der Waals surface area contributed by atoms with Crippen LogP contribution in [0.1, 0.15) is 11.7 Å². The molecule has 2 rings (SSSR count).